The molecule has 0 saturated heterocycles. The van der Waals surface area contributed by atoms with Crippen molar-refractivity contribution in [1.29, 1.82) is 0 Å². The number of nitrogens with one attached hydrogen (secondary N) is 2. The Kier molecular flexibility index (Phi) is 5.54. The number of carbonyl (C=O) groups is 1. The zero-order valence-corrected chi connectivity index (χ0v) is 18.0. The monoisotopic (exact) mass is 454 g/mol. The largest absolute Gasteiger partial charge is 0.586 e. The third-order valence-corrected chi connectivity index (χ3v) is 6.31. The Hall–Kier alpha value is -2.46. The number of thiophene rings is 1. The topological polar surface area (TPSA) is 68.8 Å². The zero-order valence-electron chi connectivity index (χ0n) is 16.3. The van der Waals surface area contributed by atoms with Gasteiger partial charge >= 0.3 is 12.3 Å². The zero-order chi connectivity index (χ0) is 21.5. The van der Waals surface area contributed by atoms with E-state index in [-0.39, 0.29) is 35.1 Å². The Bertz CT molecular complexity index is 1010. The van der Waals surface area contributed by atoms with E-state index >= 15 is 0 Å². The van der Waals surface area contributed by atoms with Gasteiger partial charge in [-0.3, -0.25) is 0 Å². The summed E-state index contributed by atoms with van der Waals surface area (Å²) < 4.78 is 40.5. The molecule has 1 aromatic heterocycles. The van der Waals surface area contributed by atoms with Crippen LogP contribution in [0.3, 0.4) is 0 Å². The van der Waals surface area contributed by atoms with Crippen LogP contribution in [0.25, 0.3) is 0 Å². The van der Waals surface area contributed by atoms with Crippen LogP contribution < -0.4 is 20.1 Å². The lowest BCUT2D eigenvalue weighted by molar-refractivity contribution is -0.286. The predicted molar refractivity (Wildman–Crippen MR) is 114 cm³/mol. The molecule has 10 heteroatoms. The van der Waals surface area contributed by atoms with Gasteiger partial charge in [0.2, 0.25) is 0 Å². The van der Waals surface area contributed by atoms with E-state index in [9.17, 15) is 13.6 Å². The molecule has 1 atom stereocenters. The highest BCUT2D eigenvalue weighted by atomic mass is 32.1. The number of thiocarbonyl (C=S) groups is 1. The summed E-state index contributed by atoms with van der Waals surface area (Å²) in [5.74, 6) is -0.245. The molecule has 160 valence electrons. The first kappa shape index (κ1) is 20.8. The third kappa shape index (κ3) is 4.06. The van der Waals surface area contributed by atoms with Gasteiger partial charge in [0, 0.05) is 16.6 Å². The fourth-order valence-electron chi connectivity index (χ4n) is 3.70. The van der Waals surface area contributed by atoms with Crippen LogP contribution in [0, 0.1) is 0 Å². The lowest BCUT2D eigenvalue weighted by atomic mass is 9.86. The van der Waals surface area contributed by atoms with Gasteiger partial charge in [0.25, 0.3) is 0 Å². The van der Waals surface area contributed by atoms with Crippen LogP contribution in [0.15, 0.2) is 18.2 Å². The molecule has 1 aliphatic carbocycles. The van der Waals surface area contributed by atoms with Gasteiger partial charge in [-0.15, -0.1) is 20.1 Å². The van der Waals surface area contributed by atoms with Crippen molar-refractivity contribution in [1.82, 2.24) is 0 Å². The minimum Gasteiger partial charge on any atom is -0.462 e. The molecule has 0 fully saturated rings. The molecule has 0 saturated carbocycles. The van der Waals surface area contributed by atoms with Gasteiger partial charge in [0.15, 0.2) is 16.6 Å². The molecule has 2 N–H and O–H groups in total. The maximum atomic E-state index is 13.2. The van der Waals surface area contributed by atoms with Crippen molar-refractivity contribution >= 4 is 45.3 Å². The number of halogens is 2. The smallest absolute Gasteiger partial charge is 0.462 e. The number of benzene rings is 1. The minimum atomic E-state index is -3.68. The van der Waals surface area contributed by atoms with Crippen LogP contribution in [0.1, 0.15) is 53.4 Å². The van der Waals surface area contributed by atoms with Crippen molar-refractivity contribution in [2.45, 2.75) is 45.3 Å². The van der Waals surface area contributed by atoms with Crippen LogP contribution >= 0.6 is 23.6 Å². The van der Waals surface area contributed by atoms with Crippen LogP contribution in [0.4, 0.5) is 19.5 Å². The van der Waals surface area contributed by atoms with E-state index in [1.165, 1.54) is 23.5 Å². The van der Waals surface area contributed by atoms with Gasteiger partial charge in [-0.2, -0.15) is 0 Å². The molecule has 6 nitrogen and oxygen atoms in total. The van der Waals surface area contributed by atoms with E-state index < -0.39 is 6.29 Å². The van der Waals surface area contributed by atoms with E-state index in [0.29, 0.717) is 16.3 Å². The van der Waals surface area contributed by atoms with Gasteiger partial charge in [-0.1, -0.05) is 6.92 Å². The summed E-state index contributed by atoms with van der Waals surface area (Å²) in [7, 11) is 0. The summed E-state index contributed by atoms with van der Waals surface area (Å²) in [6.45, 7) is 4.15. The predicted octanol–water partition coefficient (Wildman–Crippen LogP) is 5.50. The molecule has 1 aliphatic heterocycles. The quantitative estimate of drug-likeness (QED) is 0.467. The lowest BCUT2D eigenvalue weighted by Gasteiger charge is -2.19. The number of esters is 1. The van der Waals surface area contributed by atoms with E-state index in [1.807, 2.05) is 0 Å². The number of hydrogen-bond donors (Lipinski definition) is 2. The van der Waals surface area contributed by atoms with Crippen molar-refractivity contribution in [2.24, 2.45) is 0 Å². The van der Waals surface area contributed by atoms with Crippen molar-refractivity contribution in [2.75, 3.05) is 17.2 Å². The number of rotatable bonds is 4. The average molecular weight is 455 g/mol. The number of alkyl halides is 2. The number of anilines is 2. The molecule has 2 heterocycles. The first-order valence-corrected chi connectivity index (χ1v) is 10.8. The van der Waals surface area contributed by atoms with Crippen LogP contribution in [0.5, 0.6) is 11.5 Å². The second kappa shape index (κ2) is 7.99. The van der Waals surface area contributed by atoms with Gasteiger partial charge in [0.1, 0.15) is 5.00 Å². The Morgan fingerprint density at radius 1 is 1.33 bits per heavy atom. The molecule has 2 aromatic rings. The highest BCUT2D eigenvalue weighted by Crippen LogP contribution is 2.44. The number of aryl methyl sites for hydroxylation is 1. The highest BCUT2D eigenvalue weighted by molar-refractivity contribution is 7.80. The SMILES string of the molecule is CCOC(=O)c1c(NC(=S)Nc2ccc3c(c2)OC(F)(F)O3)sc2c1C(C)CCC2. The average Bonchev–Trinajstić information content (AvgIpc) is 3.17. The summed E-state index contributed by atoms with van der Waals surface area (Å²) >= 11 is 6.88. The minimum absolute atomic E-state index is 0.0473. The fourth-order valence-corrected chi connectivity index (χ4v) is 5.34. The molecule has 4 rings (SSSR count). The standard InChI is InChI=1S/C20H20F2N2O4S2/c1-3-26-18(25)16-15-10(2)5-4-6-14(15)30-17(16)24-19(29)23-11-7-8-12-13(9-11)28-20(21,22)27-12/h7-10H,3-6H2,1-2H3,(H2,23,24,29). The van der Waals surface area contributed by atoms with Crippen LogP contribution in [0.2, 0.25) is 0 Å². The summed E-state index contributed by atoms with van der Waals surface area (Å²) in [5.41, 5.74) is 2.00. The normalized spacial score (nSPS) is 18.5. The van der Waals surface area contributed by atoms with E-state index in [1.54, 1.807) is 13.0 Å². The Labute approximate surface area is 181 Å². The maximum absolute atomic E-state index is 13.2. The second-order valence-corrected chi connectivity index (χ2v) is 8.58. The molecule has 1 unspecified atom stereocenters. The fraction of sp³-hybridized carbons (Fsp3) is 0.400. The van der Waals surface area contributed by atoms with Crippen molar-refractivity contribution in [3.05, 3.63) is 34.2 Å². The van der Waals surface area contributed by atoms with Gasteiger partial charge in [-0.25, -0.2) is 4.79 Å². The Morgan fingerprint density at radius 2 is 2.10 bits per heavy atom. The van der Waals surface area contributed by atoms with Crippen LogP contribution in [-0.4, -0.2) is 24.0 Å². The molecule has 30 heavy (non-hydrogen) atoms. The third-order valence-electron chi connectivity index (χ3n) is 4.92. The molecule has 0 radical (unpaired) electrons. The van der Waals surface area contributed by atoms with Gasteiger partial charge < -0.3 is 24.8 Å². The Morgan fingerprint density at radius 3 is 2.87 bits per heavy atom. The molecule has 0 bridgehead atoms. The van der Waals surface area contributed by atoms with Gasteiger partial charge in [0.05, 0.1) is 12.2 Å². The molecular formula is C20H20F2N2O4S2. The second-order valence-electron chi connectivity index (χ2n) is 7.06. The summed E-state index contributed by atoms with van der Waals surface area (Å²) in [6.07, 6.45) is -0.684. The van der Waals surface area contributed by atoms with E-state index in [0.717, 1.165) is 29.7 Å². The van der Waals surface area contributed by atoms with Crippen molar-refractivity contribution in [3.63, 3.8) is 0 Å². The molecule has 0 amide bonds. The molecular weight excluding hydrogens is 434 g/mol. The highest BCUT2D eigenvalue weighted by Gasteiger charge is 2.43. The van der Waals surface area contributed by atoms with Gasteiger partial charge in [-0.05, 0) is 62.0 Å². The molecule has 2 aliphatic rings. The Balaban J connectivity index is 1.55. The van der Waals surface area contributed by atoms with E-state index in [2.05, 4.69) is 27.0 Å². The first-order chi connectivity index (χ1) is 14.3. The summed E-state index contributed by atoms with van der Waals surface area (Å²) in [5, 5.41) is 6.85. The van der Waals surface area contributed by atoms with E-state index in [4.69, 9.17) is 17.0 Å². The van der Waals surface area contributed by atoms with Crippen LogP contribution in [-0.2, 0) is 11.2 Å². The number of fused-ring (bicyclic) bond motifs is 2. The summed E-state index contributed by atoms with van der Waals surface area (Å²) in [6, 6.07) is 4.29. The van der Waals surface area contributed by atoms with Crippen molar-refractivity contribution < 1.29 is 27.8 Å². The maximum Gasteiger partial charge on any atom is 0.586 e. The molecule has 1 aromatic carbocycles. The lowest BCUT2D eigenvalue weighted by Crippen LogP contribution is -2.25. The number of carbonyl (C=O) groups excluding carboxylic acids is 1. The summed E-state index contributed by atoms with van der Waals surface area (Å²) in [4.78, 5) is 13.8. The molecule has 0 spiro atoms. The number of ether oxygens (including phenoxy) is 3. The van der Waals surface area contributed by atoms with Crippen molar-refractivity contribution in [3.8, 4) is 11.5 Å². The number of hydrogen-bond acceptors (Lipinski definition) is 6. The first-order valence-electron chi connectivity index (χ1n) is 9.58.